The number of ether oxygens (including phenoxy) is 3. The predicted octanol–water partition coefficient (Wildman–Crippen LogP) is 3.86. The Morgan fingerprint density at radius 3 is 2.33 bits per heavy atom. The van der Waals surface area contributed by atoms with Gasteiger partial charge in [-0.3, -0.25) is 4.79 Å². The number of methoxy groups -OCH3 is 3. The lowest BCUT2D eigenvalue weighted by molar-refractivity contribution is 0.0748. The number of aromatic amines is 1. The van der Waals surface area contributed by atoms with Crippen molar-refractivity contribution >= 4 is 16.8 Å². The Balaban J connectivity index is 1.91. The van der Waals surface area contributed by atoms with Gasteiger partial charge in [0.05, 0.1) is 26.9 Å². The number of rotatable bonds is 7. The maximum absolute atomic E-state index is 13.2. The van der Waals surface area contributed by atoms with Gasteiger partial charge in [0.25, 0.3) is 5.91 Å². The molecule has 0 bridgehead atoms. The third-order valence-corrected chi connectivity index (χ3v) is 4.60. The van der Waals surface area contributed by atoms with Crippen LogP contribution >= 0.6 is 0 Å². The van der Waals surface area contributed by atoms with Gasteiger partial charge in [-0.25, -0.2) is 0 Å². The number of H-pyrrole nitrogens is 1. The Morgan fingerprint density at radius 2 is 1.67 bits per heavy atom. The SMILES string of the molecule is CCN(Cc1ccc2[nH]ccc2c1)C(=O)c1cc(OC)c(OC)cc1OC. The van der Waals surface area contributed by atoms with E-state index in [1.807, 2.05) is 31.3 Å². The molecule has 1 amide bonds. The van der Waals surface area contributed by atoms with Crippen LogP contribution in [0.1, 0.15) is 22.8 Å². The highest BCUT2D eigenvalue weighted by Gasteiger charge is 2.22. The van der Waals surface area contributed by atoms with Crippen molar-refractivity contribution in [2.45, 2.75) is 13.5 Å². The first-order valence-electron chi connectivity index (χ1n) is 8.76. The summed E-state index contributed by atoms with van der Waals surface area (Å²) >= 11 is 0. The quantitative estimate of drug-likeness (QED) is 0.688. The Labute approximate surface area is 158 Å². The molecule has 0 aliphatic heterocycles. The van der Waals surface area contributed by atoms with Crippen molar-refractivity contribution in [3.63, 3.8) is 0 Å². The summed E-state index contributed by atoms with van der Waals surface area (Å²) in [5.74, 6) is 1.35. The van der Waals surface area contributed by atoms with Gasteiger partial charge in [0.2, 0.25) is 0 Å². The smallest absolute Gasteiger partial charge is 0.258 e. The fraction of sp³-hybridized carbons (Fsp3) is 0.286. The largest absolute Gasteiger partial charge is 0.496 e. The van der Waals surface area contributed by atoms with E-state index in [0.717, 1.165) is 16.5 Å². The zero-order valence-corrected chi connectivity index (χ0v) is 16.0. The van der Waals surface area contributed by atoms with E-state index in [0.29, 0.717) is 35.9 Å². The Bertz CT molecular complexity index is 949. The Kier molecular flexibility index (Phi) is 5.54. The van der Waals surface area contributed by atoms with Gasteiger partial charge in [0.15, 0.2) is 11.5 Å². The number of carbonyl (C=O) groups excluding carboxylic acids is 1. The van der Waals surface area contributed by atoms with Crippen molar-refractivity contribution < 1.29 is 19.0 Å². The highest BCUT2D eigenvalue weighted by atomic mass is 16.5. The molecule has 0 radical (unpaired) electrons. The van der Waals surface area contributed by atoms with E-state index in [1.54, 1.807) is 31.3 Å². The minimum atomic E-state index is -0.121. The molecular formula is C21H24N2O4. The summed E-state index contributed by atoms with van der Waals surface area (Å²) in [5, 5.41) is 1.12. The molecule has 0 aliphatic rings. The Hall–Kier alpha value is -3.15. The maximum Gasteiger partial charge on any atom is 0.258 e. The first-order chi connectivity index (χ1) is 13.1. The summed E-state index contributed by atoms with van der Waals surface area (Å²) < 4.78 is 16.1. The van der Waals surface area contributed by atoms with Crippen molar-refractivity contribution in [1.29, 1.82) is 0 Å². The molecule has 0 saturated carbocycles. The molecule has 27 heavy (non-hydrogen) atoms. The van der Waals surface area contributed by atoms with Crippen molar-refractivity contribution in [2.24, 2.45) is 0 Å². The van der Waals surface area contributed by atoms with Crippen LogP contribution in [0.4, 0.5) is 0 Å². The topological polar surface area (TPSA) is 63.8 Å². The third kappa shape index (κ3) is 3.69. The third-order valence-electron chi connectivity index (χ3n) is 4.60. The van der Waals surface area contributed by atoms with Crippen molar-refractivity contribution in [3.8, 4) is 17.2 Å². The van der Waals surface area contributed by atoms with E-state index >= 15 is 0 Å². The van der Waals surface area contributed by atoms with E-state index in [1.165, 1.54) is 7.11 Å². The Morgan fingerprint density at radius 1 is 0.963 bits per heavy atom. The van der Waals surface area contributed by atoms with E-state index < -0.39 is 0 Å². The van der Waals surface area contributed by atoms with E-state index in [9.17, 15) is 4.79 Å². The highest BCUT2D eigenvalue weighted by molar-refractivity contribution is 5.98. The number of amides is 1. The second-order valence-corrected chi connectivity index (χ2v) is 6.13. The number of fused-ring (bicyclic) bond motifs is 1. The summed E-state index contributed by atoms with van der Waals surface area (Å²) in [6, 6.07) is 11.5. The molecule has 142 valence electrons. The van der Waals surface area contributed by atoms with Crippen LogP contribution in [-0.2, 0) is 6.54 Å². The van der Waals surface area contributed by atoms with E-state index in [4.69, 9.17) is 14.2 Å². The molecule has 1 aromatic heterocycles. The van der Waals surface area contributed by atoms with Crippen LogP contribution in [0.25, 0.3) is 10.9 Å². The van der Waals surface area contributed by atoms with E-state index in [-0.39, 0.29) is 5.91 Å². The molecule has 6 heteroatoms. The molecule has 3 aromatic rings. The van der Waals surface area contributed by atoms with Crippen molar-refractivity contribution in [3.05, 3.63) is 53.7 Å². The molecule has 0 saturated heterocycles. The molecule has 0 fully saturated rings. The van der Waals surface area contributed by atoms with Crippen LogP contribution < -0.4 is 14.2 Å². The fourth-order valence-corrected chi connectivity index (χ4v) is 3.12. The lowest BCUT2D eigenvalue weighted by atomic mass is 10.1. The number of aromatic nitrogens is 1. The molecule has 6 nitrogen and oxygen atoms in total. The summed E-state index contributed by atoms with van der Waals surface area (Å²) in [6.45, 7) is 3.04. The van der Waals surface area contributed by atoms with Crippen LogP contribution in [-0.4, -0.2) is 43.7 Å². The summed E-state index contributed by atoms with van der Waals surface area (Å²) in [6.07, 6.45) is 1.91. The van der Waals surface area contributed by atoms with Crippen molar-refractivity contribution in [1.82, 2.24) is 9.88 Å². The molecular weight excluding hydrogens is 344 g/mol. The molecule has 2 aromatic carbocycles. The van der Waals surface area contributed by atoms with Gasteiger partial charge in [-0.1, -0.05) is 6.07 Å². The van der Waals surface area contributed by atoms with Crippen LogP contribution in [0.5, 0.6) is 17.2 Å². The van der Waals surface area contributed by atoms with Gasteiger partial charge in [0.1, 0.15) is 5.75 Å². The second-order valence-electron chi connectivity index (χ2n) is 6.13. The van der Waals surface area contributed by atoms with Gasteiger partial charge >= 0.3 is 0 Å². The zero-order valence-electron chi connectivity index (χ0n) is 16.0. The minimum Gasteiger partial charge on any atom is -0.496 e. The molecule has 0 atom stereocenters. The van der Waals surface area contributed by atoms with E-state index in [2.05, 4.69) is 11.1 Å². The summed E-state index contributed by atoms with van der Waals surface area (Å²) in [7, 11) is 4.63. The van der Waals surface area contributed by atoms with Crippen LogP contribution in [0.15, 0.2) is 42.6 Å². The molecule has 0 aliphatic carbocycles. The molecule has 1 heterocycles. The first kappa shape index (κ1) is 18.6. The number of benzene rings is 2. The highest BCUT2D eigenvalue weighted by Crippen LogP contribution is 2.35. The number of nitrogens with one attached hydrogen (secondary N) is 1. The number of carbonyl (C=O) groups is 1. The van der Waals surface area contributed by atoms with Crippen LogP contribution in [0.3, 0.4) is 0 Å². The first-order valence-corrected chi connectivity index (χ1v) is 8.76. The van der Waals surface area contributed by atoms with Crippen molar-refractivity contribution in [2.75, 3.05) is 27.9 Å². The minimum absolute atomic E-state index is 0.121. The van der Waals surface area contributed by atoms with Gasteiger partial charge in [-0.05, 0) is 36.1 Å². The zero-order chi connectivity index (χ0) is 19.4. The maximum atomic E-state index is 13.2. The number of hydrogen-bond acceptors (Lipinski definition) is 4. The summed E-state index contributed by atoms with van der Waals surface area (Å²) in [4.78, 5) is 18.1. The van der Waals surface area contributed by atoms with Crippen LogP contribution in [0.2, 0.25) is 0 Å². The monoisotopic (exact) mass is 368 g/mol. The van der Waals surface area contributed by atoms with Crippen LogP contribution in [0, 0.1) is 0 Å². The fourth-order valence-electron chi connectivity index (χ4n) is 3.12. The molecule has 0 spiro atoms. The van der Waals surface area contributed by atoms with Gasteiger partial charge < -0.3 is 24.1 Å². The average molecular weight is 368 g/mol. The molecule has 1 N–H and O–H groups in total. The average Bonchev–Trinajstić information content (AvgIpc) is 3.18. The number of hydrogen-bond donors (Lipinski definition) is 1. The van der Waals surface area contributed by atoms with Gasteiger partial charge in [-0.2, -0.15) is 0 Å². The number of nitrogens with zero attached hydrogens (tertiary/aromatic N) is 1. The van der Waals surface area contributed by atoms with Gasteiger partial charge in [0, 0.05) is 36.9 Å². The second kappa shape index (κ2) is 8.03. The predicted molar refractivity (Wildman–Crippen MR) is 105 cm³/mol. The normalized spacial score (nSPS) is 10.7. The molecule has 3 rings (SSSR count). The standard InChI is InChI=1S/C21H24N2O4/c1-5-23(13-14-6-7-17-15(10-14)8-9-22-17)21(24)16-11-19(26-3)20(27-4)12-18(16)25-2/h6-12,22H,5,13H2,1-4H3. The van der Waals surface area contributed by atoms with Gasteiger partial charge in [-0.15, -0.1) is 0 Å². The summed E-state index contributed by atoms with van der Waals surface area (Å²) in [5.41, 5.74) is 2.59. The molecule has 0 unspecified atom stereocenters. The lowest BCUT2D eigenvalue weighted by Gasteiger charge is -2.23. The lowest BCUT2D eigenvalue weighted by Crippen LogP contribution is -2.30.